The molecule has 0 radical (unpaired) electrons. The zero-order valence-electron chi connectivity index (χ0n) is 24.8. The number of fused-ring (bicyclic) bond motifs is 4. The van der Waals surface area contributed by atoms with Crippen LogP contribution in [0.3, 0.4) is 0 Å². The van der Waals surface area contributed by atoms with Crippen molar-refractivity contribution in [3.05, 3.63) is 164 Å². The molecule has 6 aromatic carbocycles. The molecule has 0 N–H and O–H groups in total. The predicted molar refractivity (Wildman–Crippen MR) is 188 cm³/mol. The lowest BCUT2D eigenvalue weighted by Crippen LogP contribution is -2.15. The van der Waals surface area contributed by atoms with Gasteiger partial charge in [-0.25, -0.2) is 0 Å². The van der Waals surface area contributed by atoms with Gasteiger partial charge in [-0.1, -0.05) is 72.8 Å². The lowest BCUT2D eigenvalue weighted by atomic mass is 9.93. The fourth-order valence-corrected chi connectivity index (χ4v) is 6.37. The average Bonchev–Trinajstić information content (AvgIpc) is 3.13. The minimum absolute atomic E-state index is 0.843. The molecule has 0 saturated carbocycles. The van der Waals surface area contributed by atoms with Crippen molar-refractivity contribution in [1.29, 1.82) is 0 Å². The van der Waals surface area contributed by atoms with Gasteiger partial charge in [-0.05, 0) is 101 Å². The first-order chi connectivity index (χ1) is 22.8. The van der Waals surface area contributed by atoms with E-state index in [-0.39, 0.29) is 0 Å². The lowest BCUT2D eigenvalue weighted by Gasteiger charge is -2.32. The highest BCUT2D eigenvalue weighted by Gasteiger charge is 2.25. The van der Waals surface area contributed by atoms with E-state index < -0.39 is 0 Å². The molecule has 4 heteroatoms. The van der Waals surface area contributed by atoms with Crippen LogP contribution in [0.2, 0.25) is 0 Å². The molecule has 0 amide bonds. The van der Waals surface area contributed by atoms with Crippen molar-refractivity contribution in [3.63, 3.8) is 0 Å². The summed E-state index contributed by atoms with van der Waals surface area (Å²) in [5, 5.41) is 2.24. The van der Waals surface area contributed by atoms with Gasteiger partial charge in [-0.15, -0.1) is 0 Å². The topological polar surface area (TPSA) is 38.2 Å². The Morgan fingerprint density at radius 2 is 0.848 bits per heavy atom. The van der Waals surface area contributed by atoms with Gasteiger partial charge in [-0.3, -0.25) is 9.97 Å². The first kappa shape index (κ1) is 26.2. The van der Waals surface area contributed by atoms with Gasteiger partial charge in [-0.2, -0.15) is 0 Å². The van der Waals surface area contributed by atoms with Crippen LogP contribution in [0.15, 0.2) is 164 Å². The van der Waals surface area contributed by atoms with Gasteiger partial charge in [0.25, 0.3) is 0 Å². The molecule has 0 atom stereocenters. The zero-order chi connectivity index (χ0) is 30.5. The summed E-state index contributed by atoms with van der Waals surface area (Å²) in [4.78, 5) is 11.8. The van der Waals surface area contributed by atoms with Crippen molar-refractivity contribution in [3.8, 4) is 44.9 Å². The predicted octanol–water partition coefficient (Wildman–Crippen LogP) is 11.4. The van der Waals surface area contributed by atoms with Crippen molar-refractivity contribution in [1.82, 2.24) is 9.97 Å². The smallest absolute Gasteiger partial charge is 0.151 e. The molecule has 0 bridgehead atoms. The lowest BCUT2D eigenvalue weighted by molar-refractivity contribution is 0.477. The zero-order valence-corrected chi connectivity index (χ0v) is 24.8. The SMILES string of the molecule is c1ccc2c(c1)Oc1ccccc1N2c1ccc(-c2cc(-c3cnc4ccccc4c3)cc(-c3cnc4ccccc4c3)c2)cc1. The second-order valence-corrected chi connectivity index (χ2v) is 11.6. The number of ether oxygens (including phenoxy) is 1. The van der Waals surface area contributed by atoms with E-state index in [0.29, 0.717) is 0 Å². The van der Waals surface area contributed by atoms with Crippen LogP contribution in [0.4, 0.5) is 17.1 Å². The van der Waals surface area contributed by atoms with E-state index in [4.69, 9.17) is 14.7 Å². The highest BCUT2D eigenvalue weighted by Crippen LogP contribution is 2.50. The van der Waals surface area contributed by atoms with E-state index in [9.17, 15) is 0 Å². The van der Waals surface area contributed by atoms with Crippen molar-refractivity contribution in [2.24, 2.45) is 0 Å². The molecule has 4 nitrogen and oxygen atoms in total. The monoisotopic (exact) mass is 589 g/mol. The minimum Gasteiger partial charge on any atom is -0.453 e. The molecule has 3 heterocycles. The van der Waals surface area contributed by atoms with E-state index in [0.717, 1.165) is 83.7 Å². The van der Waals surface area contributed by atoms with E-state index in [1.54, 1.807) is 0 Å². The van der Waals surface area contributed by atoms with Gasteiger partial charge in [0.05, 0.1) is 22.4 Å². The molecule has 9 rings (SSSR count). The first-order valence-corrected chi connectivity index (χ1v) is 15.4. The molecule has 0 unspecified atom stereocenters. The molecular formula is C42H27N3O. The Hall–Kier alpha value is -6.26. The van der Waals surface area contributed by atoms with Crippen molar-refractivity contribution in [2.45, 2.75) is 0 Å². The Morgan fingerprint density at radius 1 is 0.391 bits per heavy atom. The van der Waals surface area contributed by atoms with Gasteiger partial charge in [0.1, 0.15) is 0 Å². The van der Waals surface area contributed by atoms with Crippen LogP contribution in [0.25, 0.3) is 55.2 Å². The van der Waals surface area contributed by atoms with E-state index >= 15 is 0 Å². The fourth-order valence-electron chi connectivity index (χ4n) is 6.37. The van der Waals surface area contributed by atoms with E-state index in [1.807, 2.05) is 60.9 Å². The summed E-state index contributed by atoms with van der Waals surface area (Å²) in [6.07, 6.45) is 3.95. The molecular weight excluding hydrogens is 562 g/mol. The molecule has 8 aromatic rings. The van der Waals surface area contributed by atoms with Crippen LogP contribution in [0.5, 0.6) is 11.5 Å². The van der Waals surface area contributed by atoms with Crippen LogP contribution in [0.1, 0.15) is 0 Å². The summed E-state index contributed by atoms with van der Waals surface area (Å²) in [5.74, 6) is 1.69. The molecule has 0 fully saturated rings. The Bertz CT molecular complexity index is 2270. The summed E-state index contributed by atoms with van der Waals surface area (Å²) in [6.45, 7) is 0. The minimum atomic E-state index is 0.843. The van der Waals surface area contributed by atoms with Crippen LogP contribution < -0.4 is 9.64 Å². The largest absolute Gasteiger partial charge is 0.453 e. The van der Waals surface area contributed by atoms with Crippen molar-refractivity contribution in [2.75, 3.05) is 4.90 Å². The number of pyridine rings is 2. The van der Waals surface area contributed by atoms with E-state index in [2.05, 4.69) is 108 Å². The van der Waals surface area contributed by atoms with Gasteiger partial charge in [0.2, 0.25) is 0 Å². The number of hydrogen-bond donors (Lipinski definition) is 0. The molecule has 46 heavy (non-hydrogen) atoms. The molecule has 0 spiro atoms. The summed E-state index contributed by atoms with van der Waals surface area (Å²) in [5.41, 5.74) is 11.7. The molecule has 1 aliphatic rings. The molecule has 2 aromatic heterocycles. The summed E-state index contributed by atoms with van der Waals surface area (Å²) in [6, 6.07) is 52.9. The standard InChI is InChI=1S/C42H27N3O/c1-3-11-37-29(9-1)21-34(26-43-37)32-23-31(24-33(25-32)35-22-30-10-2-4-12-38(30)44-27-35)28-17-19-36(20-18-28)45-39-13-5-7-15-41(39)46-42-16-8-6-14-40(42)45/h1-27H. The molecule has 216 valence electrons. The number of aromatic nitrogens is 2. The highest BCUT2D eigenvalue weighted by atomic mass is 16.5. The third kappa shape index (κ3) is 4.56. The van der Waals surface area contributed by atoms with Gasteiger partial charge in [0, 0.05) is 40.0 Å². The highest BCUT2D eigenvalue weighted by molar-refractivity contribution is 5.90. The number of anilines is 3. The van der Waals surface area contributed by atoms with Crippen LogP contribution >= 0.6 is 0 Å². The first-order valence-electron chi connectivity index (χ1n) is 15.4. The van der Waals surface area contributed by atoms with Gasteiger partial charge >= 0.3 is 0 Å². The number of nitrogens with zero attached hydrogens (tertiary/aromatic N) is 3. The summed E-state index contributed by atoms with van der Waals surface area (Å²) >= 11 is 0. The summed E-state index contributed by atoms with van der Waals surface area (Å²) in [7, 11) is 0. The average molecular weight is 590 g/mol. The molecule has 0 saturated heterocycles. The molecule has 1 aliphatic heterocycles. The Kier molecular flexibility index (Phi) is 6.10. The van der Waals surface area contributed by atoms with Crippen molar-refractivity contribution < 1.29 is 4.74 Å². The number of rotatable bonds is 4. The van der Waals surface area contributed by atoms with Crippen LogP contribution in [-0.2, 0) is 0 Å². The quantitative estimate of drug-likeness (QED) is 0.205. The fraction of sp³-hybridized carbons (Fsp3) is 0. The van der Waals surface area contributed by atoms with Gasteiger partial charge < -0.3 is 9.64 Å². The summed E-state index contributed by atoms with van der Waals surface area (Å²) < 4.78 is 6.23. The number of benzene rings is 6. The maximum absolute atomic E-state index is 6.23. The van der Waals surface area contributed by atoms with E-state index in [1.165, 1.54) is 0 Å². The maximum Gasteiger partial charge on any atom is 0.151 e. The van der Waals surface area contributed by atoms with Crippen molar-refractivity contribution >= 4 is 38.9 Å². The second-order valence-electron chi connectivity index (χ2n) is 11.6. The number of hydrogen-bond acceptors (Lipinski definition) is 4. The van der Waals surface area contributed by atoms with Crippen LogP contribution in [-0.4, -0.2) is 9.97 Å². The Balaban J connectivity index is 1.17. The maximum atomic E-state index is 6.23. The third-order valence-corrected chi connectivity index (χ3v) is 8.67. The molecule has 0 aliphatic carbocycles. The second kappa shape index (κ2) is 10.7. The Morgan fingerprint density at radius 3 is 1.39 bits per heavy atom. The van der Waals surface area contributed by atoms with Crippen LogP contribution in [0, 0.1) is 0 Å². The Labute approximate surface area is 266 Å². The normalized spacial score (nSPS) is 12.0. The number of para-hydroxylation sites is 6. The van der Waals surface area contributed by atoms with Gasteiger partial charge in [0.15, 0.2) is 11.5 Å². The third-order valence-electron chi connectivity index (χ3n) is 8.67.